The number of aromatic nitrogens is 4. The van der Waals surface area contributed by atoms with E-state index >= 15 is 0 Å². The first kappa shape index (κ1) is 24.3. The number of piperazine rings is 1. The van der Waals surface area contributed by atoms with Gasteiger partial charge in [-0.2, -0.15) is 10.2 Å². The van der Waals surface area contributed by atoms with Gasteiger partial charge in [-0.05, 0) is 36.3 Å². The van der Waals surface area contributed by atoms with Crippen molar-refractivity contribution in [3.05, 3.63) is 59.8 Å². The molecule has 180 valence electrons. The third-order valence-corrected chi connectivity index (χ3v) is 6.70. The van der Waals surface area contributed by atoms with Gasteiger partial charge < -0.3 is 10.2 Å². The van der Waals surface area contributed by atoms with Crippen molar-refractivity contribution in [2.75, 3.05) is 32.7 Å². The molecule has 3 heterocycles. The van der Waals surface area contributed by atoms with Crippen molar-refractivity contribution < 1.29 is 9.18 Å². The highest BCUT2D eigenvalue weighted by atomic mass is 127. The zero-order valence-corrected chi connectivity index (χ0v) is 21.4. The molecule has 1 aliphatic heterocycles. The summed E-state index contributed by atoms with van der Waals surface area (Å²) < 4.78 is 18.5. The van der Waals surface area contributed by atoms with Crippen LogP contribution in [-0.4, -0.2) is 78.5 Å². The second-order valence-corrected chi connectivity index (χ2v) is 9.80. The van der Waals surface area contributed by atoms with Crippen molar-refractivity contribution in [2.45, 2.75) is 19.4 Å². The van der Waals surface area contributed by atoms with Crippen LogP contribution in [0.2, 0.25) is 0 Å². The van der Waals surface area contributed by atoms with Gasteiger partial charge in [-0.15, -0.1) is 0 Å². The molecule has 2 N–H and O–H groups in total. The molecule has 1 unspecified atom stereocenters. The van der Waals surface area contributed by atoms with Crippen molar-refractivity contribution >= 4 is 45.5 Å². The third-order valence-electron chi connectivity index (χ3n) is 5.73. The normalized spacial score (nSPS) is 16.1. The molecule has 11 heteroatoms. The van der Waals surface area contributed by atoms with Crippen molar-refractivity contribution in [1.82, 2.24) is 33.3 Å². The number of hydrogen-bond donors (Lipinski definition) is 2. The number of carbonyl (C=O) groups is 1. The fourth-order valence-electron chi connectivity index (χ4n) is 3.95. The Morgan fingerprint density at radius 1 is 1.38 bits per heavy atom. The molecular formula is C23H28FIN8O. The highest BCUT2D eigenvalue weighted by molar-refractivity contribution is 14.1. The Kier molecular flexibility index (Phi) is 7.61. The first-order valence-corrected chi connectivity index (χ1v) is 12.1. The topological polar surface area (TPSA) is 94.4 Å². The Morgan fingerprint density at radius 3 is 2.82 bits per heavy atom. The number of halogens is 2. The van der Waals surface area contributed by atoms with Crippen LogP contribution in [0.1, 0.15) is 28.5 Å². The largest absolute Gasteiger partial charge is 0.354 e. The van der Waals surface area contributed by atoms with E-state index in [1.807, 2.05) is 20.2 Å². The minimum absolute atomic E-state index is 0.213. The van der Waals surface area contributed by atoms with Crippen LogP contribution in [0.5, 0.6) is 0 Å². The van der Waals surface area contributed by atoms with E-state index in [0.717, 1.165) is 37.6 Å². The number of rotatable bonds is 7. The summed E-state index contributed by atoms with van der Waals surface area (Å²) in [5.74, 6) is 0.160. The molecule has 0 spiro atoms. The zero-order valence-electron chi connectivity index (χ0n) is 19.3. The fourth-order valence-corrected chi connectivity index (χ4v) is 4.38. The molecule has 1 aromatic carbocycles. The molecule has 0 aliphatic carbocycles. The molecule has 1 fully saturated rings. The molecule has 2 aromatic heterocycles. The van der Waals surface area contributed by atoms with Gasteiger partial charge in [-0.3, -0.25) is 19.6 Å². The average molecular weight is 578 g/mol. The quantitative estimate of drug-likeness (QED) is 0.195. The first-order chi connectivity index (χ1) is 16.3. The predicted molar refractivity (Wildman–Crippen MR) is 139 cm³/mol. The lowest BCUT2D eigenvalue weighted by molar-refractivity contribution is 0.0938. The van der Waals surface area contributed by atoms with Gasteiger partial charge in [-0.1, -0.05) is 6.58 Å². The number of amides is 1. The van der Waals surface area contributed by atoms with Crippen LogP contribution in [0.4, 0.5) is 4.39 Å². The molecule has 1 aliphatic rings. The summed E-state index contributed by atoms with van der Waals surface area (Å²) in [6.07, 6.45) is 5.68. The fraction of sp³-hybridized carbons (Fsp3) is 0.391. The summed E-state index contributed by atoms with van der Waals surface area (Å²) >= 11 is 2.33. The monoisotopic (exact) mass is 578 g/mol. The van der Waals surface area contributed by atoms with E-state index in [1.165, 1.54) is 6.07 Å². The van der Waals surface area contributed by atoms with Gasteiger partial charge >= 0.3 is 0 Å². The first-order valence-electron chi connectivity index (χ1n) is 11.1. The molecule has 0 radical (unpaired) electrons. The predicted octanol–water partition coefficient (Wildman–Crippen LogP) is 2.70. The van der Waals surface area contributed by atoms with Gasteiger partial charge in [0.2, 0.25) is 0 Å². The Hall–Kier alpha value is -2.80. The molecule has 3 aromatic rings. The van der Waals surface area contributed by atoms with E-state index < -0.39 is 0 Å². The number of hydrogen-bond acceptors (Lipinski definition) is 5. The SMILES string of the molecule is C=CC(=NCC(C)NC(=O)c1n[nH]c2cc(F)c(Cc3cnn(C)c3)cc12)N1CCN(I)CC1. The lowest BCUT2D eigenvalue weighted by Crippen LogP contribution is -2.45. The highest BCUT2D eigenvalue weighted by Crippen LogP contribution is 2.23. The van der Waals surface area contributed by atoms with Gasteiger partial charge in [0.1, 0.15) is 11.7 Å². The number of benzene rings is 1. The maximum atomic E-state index is 14.6. The van der Waals surface area contributed by atoms with Crippen molar-refractivity contribution in [3.63, 3.8) is 0 Å². The number of fused-ring (bicyclic) bond motifs is 1. The Morgan fingerprint density at radius 2 is 2.15 bits per heavy atom. The molecular weight excluding hydrogens is 550 g/mol. The molecule has 1 amide bonds. The molecule has 1 saturated heterocycles. The van der Waals surface area contributed by atoms with Crippen LogP contribution in [-0.2, 0) is 13.5 Å². The number of nitrogens with zero attached hydrogens (tertiary/aromatic N) is 6. The summed E-state index contributed by atoms with van der Waals surface area (Å²) in [7, 11) is 1.82. The summed E-state index contributed by atoms with van der Waals surface area (Å²) in [5.41, 5.74) is 2.09. The van der Waals surface area contributed by atoms with E-state index in [0.29, 0.717) is 29.4 Å². The van der Waals surface area contributed by atoms with Crippen molar-refractivity contribution in [1.29, 1.82) is 0 Å². The van der Waals surface area contributed by atoms with E-state index in [1.54, 1.807) is 23.0 Å². The lowest BCUT2D eigenvalue weighted by atomic mass is 10.0. The van der Waals surface area contributed by atoms with E-state index in [4.69, 9.17) is 0 Å². The third kappa shape index (κ3) is 5.63. The molecule has 34 heavy (non-hydrogen) atoms. The van der Waals surface area contributed by atoms with Crippen LogP contribution in [0.3, 0.4) is 0 Å². The van der Waals surface area contributed by atoms with Crippen LogP contribution in [0.15, 0.2) is 42.2 Å². The number of H-pyrrole nitrogens is 1. The van der Waals surface area contributed by atoms with E-state index in [2.05, 4.69) is 63.1 Å². The number of amidine groups is 1. The molecule has 0 saturated carbocycles. The molecule has 1 atom stereocenters. The second kappa shape index (κ2) is 10.6. The van der Waals surface area contributed by atoms with Gasteiger partial charge in [-0.25, -0.2) is 7.50 Å². The minimum Gasteiger partial charge on any atom is -0.354 e. The Bertz CT molecular complexity index is 1210. The zero-order chi connectivity index (χ0) is 24.2. The minimum atomic E-state index is -0.352. The van der Waals surface area contributed by atoms with Gasteiger partial charge in [0.25, 0.3) is 5.91 Å². The number of nitrogens with one attached hydrogen (secondary N) is 2. The highest BCUT2D eigenvalue weighted by Gasteiger charge is 2.20. The van der Waals surface area contributed by atoms with Crippen LogP contribution < -0.4 is 5.32 Å². The standard InChI is InChI=1S/C23H28FIN8O/c1-4-21(32-5-7-33(25)8-6-32)26-12-15(2)28-23(34)22-18-10-17(9-16-13-27-31(3)14-16)19(24)11-20(18)29-30-22/h4,10-11,13-15H,1,5-9,12H2,2-3H3,(H,28,34)(H,29,30). The lowest BCUT2D eigenvalue weighted by Gasteiger charge is -2.32. The summed E-state index contributed by atoms with van der Waals surface area (Å²) in [6, 6.07) is 2.85. The van der Waals surface area contributed by atoms with Gasteiger partial charge in [0.15, 0.2) is 5.69 Å². The van der Waals surface area contributed by atoms with E-state index in [9.17, 15) is 9.18 Å². The van der Waals surface area contributed by atoms with Crippen LogP contribution in [0.25, 0.3) is 10.9 Å². The maximum Gasteiger partial charge on any atom is 0.272 e. The molecule has 9 nitrogen and oxygen atoms in total. The number of aromatic amines is 1. The van der Waals surface area contributed by atoms with Crippen LogP contribution >= 0.6 is 22.9 Å². The second-order valence-electron chi connectivity index (χ2n) is 8.43. The average Bonchev–Trinajstić information content (AvgIpc) is 3.41. The van der Waals surface area contributed by atoms with Gasteiger partial charge in [0.05, 0.1) is 18.3 Å². The molecule has 4 rings (SSSR count). The maximum absolute atomic E-state index is 14.6. The summed E-state index contributed by atoms with van der Waals surface area (Å²) in [5, 5.41) is 14.6. The molecule has 0 bridgehead atoms. The number of aliphatic imine (C=N–C) groups is 1. The van der Waals surface area contributed by atoms with Crippen LogP contribution in [0, 0.1) is 5.82 Å². The summed E-state index contributed by atoms with van der Waals surface area (Å²) in [6.45, 7) is 9.93. The Balaban J connectivity index is 1.44. The van der Waals surface area contributed by atoms with E-state index in [-0.39, 0.29) is 23.5 Å². The van der Waals surface area contributed by atoms with Gasteiger partial charge in [0, 0.05) is 80.1 Å². The number of carbonyl (C=O) groups excluding carboxylic acids is 1. The smallest absolute Gasteiger partial charge is 0.272 e. The number of aryl methyl sites for hydroxylation is 1. The Labute approximate surface area is 211 Å². The van der Waals surface area contributed by atoms with Crippen molar-refractivity contribution in [2.24, 2.45) is 12.0 Å². The summed E-state index contributed by atoms with van der Waals surface area (Å²) in [4.78, 5) is 19.8. The van der Waals surface area contributed by atoms with Crippen molar-refractivity contribution in [3.8, 4) is 0 Å².